The Hall–Kier alpha value is -1.59. The molecule has 0 atom stereocenters. The molecule has 1 aliphatic rings. The van der Waals surface area contributed by atoms with Gasteiger partial charge in [0.2, 0.25) is 5.91 Å². The minimum atomic E-state index is 0.0586. The van der Waals surface area contributed by atoms with Crippen molar-refractivity contribution in [3.05, 3.63) is 69.7 Å². The van der Waals surface area contributed by atoms with Crippen LogP contribution in [0.4, 0.5) is 0 Å². The van der Waals surface area contributed by atoms with Crippen LogP contribution in [0.2, 0.25) is 10.0 Å². The summed E-state index contributed by atoms with van der Waals surface area (Å²) in [6, 6.07) is 15.5. The van der Waals surface area contributed by atoms with Crippen LogP contribution in [-0.4, -0.2) is 48.4 Å². The standard InChI is InChI=1S/C20H23Cl2N3O/c21-18-6-4-16(5-7-18)13-23-20(26)15-25-10-8-24(9-11-25)14-17-2-1-3-19(22)12-17/h1-7,12H,8-11,13-15H2,(H,23,26). The zero-order valence-corrected chi connectivity index (χ0v) is 16.1. The fourth-order valence-electron chi connectivity index (χ4n) is 3.06. The first kappa shape index (κ1) is 19.2. The fraction of sp³-hybridized carbons (Fsp3) is 0.350. The third kappa shape index (κ3) is 5.99. The van der Waals surface area contributed by atoms with Gasteiger partial charge >= 0.3 is 0 Å². The van der Waals surface area contributed by atoms with E-state index < -0.39 is 0 Å². The van der Waals surface area contributed by atoms with Crippen molar-refractivity contribution in [1.82, 2.24) is 15.1 Å². The molecule has 1 fully saturated rings. The Morgan fingerprint density at radius 2 is 1.58 bits per heavy atom. The molecule has 1 amide bonds. The molecule has 0 spiro atoms. The number of carbonyl (C=O) groups is 1. The molecule has 0 aliphatic carbocycles. The highest BCUT2D eigenvalue weighted by molar-refractivity contribution is 6.30. The Morgan fingerprint density at radius 1 is 0.885 bits per heavy atom. The molecule has 26 heavy (non-hydrogen) atoms. The Morgan fingerprint density at radius 3 is 2.27 bits per heavy atom. The van der Waals surface area contributed by atoms with Gasteiger partial charge in [0, 0.05) is 49.3 Å². The van der Waals surface area contributed by atoms with Crippen molar-refractivity contribution in [1.29, 1.82) is 0 Å². The van der Waals surface area contributed by atoms with Gasteiger partial charge in [-0.05, 0) is 35.4 Å². The summed E-state index contributed by atoms with van der Waals surface area (Å²) >= 11 is 11.9. The van der Waals surface area contributed by atoms with E-state index in [2.05, 4.69) is 21.2 Å². The molecule has 0 saturated carbocycles. The van der Waals surface area contributed by atoms with Crippen molar-refractivity contribution in [2.75, 3.05) is 32.7 Å². The fourth-order valence-corrected chi connectivity index (χ4v) is 3.40. The van der Waals surface area contributed by atoms with Crippen molar-refractivity contribution in [3.63, 3.8) is 0 Å². The van der Waals surface area contributed by atoms with Gasteiger partial charge in [-0.25, -0.2) is 0 Å². The van der Waals surface area contributed by atoms with E-state index in [4.69, 9.17) is 23.2 Å². The highest BCUT2D eigenvalue weighted by atomic mass is 35.5. The van der Waals surface area contributed by atoms with Crippen molar-refractivity contribution in [2.24, 2.45) is 0 Å². The van der Waals surface area contributed by atoms with Crippen molar-refractivity contribution >= 4 is 29.1 Å². The topological polar surface area (TPSA) is 35.6 Å². The van der Waals surface area contributed by atoms with Gasteiger partial charge in [0.25, 0.3) is 0 Å². The lowest BCUT2D eigenvalue weighted by atomic mass is 10.2. The lowest BCUT2D eigenvalue weighted by molar-refractivity contribution is -0.122. The molecule has 2 aromatic carbocycles. The molecule has 0 radical (unpaired) electrons. The molecular formula is C20H23Cl2N3O. The number of hydrogen-bond donors (Lipinski definition) is 1. The van der Waals surface area contributed by atoms with Gasteiger partial charge in [-0.15, -0.1) is 0 Å². The number of halogens is 2. The molecule has 1 saturated heterocycles. The van der Waals surface area contributed by atoms with E-state index in [9.17, 15) is 4.79 Å². The summed E-state index contributed by atoms with van der Waals surface area (Å²) in [6.45, 7) is 5.58. The molecule has 3 rings (SSSR count). The maximum atomic E-state index is 12.2. The number of benzene rings is 2. The normalized spacial score (nSPS) is 15.8. The van der Waals surface area contributed by atoms with E-state index in [-0.39, 0.29) is 5.91 Å². The molecule has 4 nitrogen and oxygen atoms in total. The van der Waals surface area contributed by atoms with Crippen molar-refractivity contribution < 1.29 is 4.79 Å². The average molecular weight is 392 g/mol. The predicted octanol–water partition coefficient (Wildman–Crippen LogP) is 3.43. The summed E-state index contributed by atoms with van der Waals surface area (Å²) in [6.07, 6.45) is 0. The maximum absolute atomic E-state index is 12.2. The molecule has 0 unspecified atom stereocenters. The molecule has 6 heteroatoms. The first-order valence-corrected chi connectivity index (χ1v) is 9.54. The molecule has 1 heterocycles. The number of nitrogens with zero attached hydrogens (tertiary/aromatic N) is 2. The molecule has 138 valence electrons. The highest BCUT2D eigenvalue weighted by Gasteiger charge is 2.19. The summed E-state index contributed by atoms with van der Waals surface area (Å²) in [5, 5.41) is 4.45. The number of piperazine rings is 1. The van der Waals surface area contributed by atoms with Crippen LogP contribution in [-0.2, 0) is 17.9 Å². The van der Waals surface area contributed by atoms with Gasteiger partial charge < -0.3 is 5.32 Å². The van der Waals surface area contributed by atoms with E-state index in [0.717, 1.165) is 43.3 Å². The largest absolute Gasteiger partial charge is 0.351 e. The van der Waals surface area contributed by atoms with Crippen LogP contribution in [0, 0.1) is 0 Å². The quantitative estimate of drug-likeness (QED) is 0.818. The van der Waals surface area contributed by atoms with Crippen LogP contribution in [0.3, 0.4) is 0 Å². The van der Waals surface area contributed by atoms with E-state index >= 15 is 0 Å². The Bertz CT molecular complexity index is 728. The third-order valence-electron chi connectivity index (χ3n) is 4.53. The van der Waals surface area contributed by atoms with Crippen LogP contribution >= 0.6 is 23.2 Å². The second-order valence-corrected chi connectivity index (χ2v) is 7.46. The van der Waals surface area contributed by atoms with Crippen LogP contribution in [0.15, 0.2) is 48.5 Å². The van der Waals surface area contributed by atoms with E-state index in [0.29, 0.717) is 18.1 Å². The SMILES string of the molecule is O=C(CN1CCN(Cc2cccc(Cl)c2)CC1)NCc1ccc(Cl)cc1. The molecule has 2 aromatic rings. The van der Waals surface area contributed by atoms with Crippen molar-refractivity contribution in [3.8, 4) is 0 Å². The summed E-state index contributed by atoms with van der Waals surface area (Å²) in [4.78, 5) is 16.8. The Kier molecular flexibility index (Phi) is 6.92. The summed E-state index contributed by atoms with van der Waals surface area (Å²) in [7, 11) is 0. The van der Waals surface area contributed by atoms with Gasteiger partial charge in [-0.2, -0.15) is 0 Å². The average Bonchev–Trinajstić information content (AvgIpc) is 2.63. The first-order chi connectivity index (χ1) is 12.6. The number of nitrogens with one attached hydrogen (secondary N) is 1. The van der Waals surface area contributed by atoms with Gasteiger partial charge in [-0.3, -0.25) is 14.6 Å². The van der Waals surface area contributed by atoms with Crippen LogP contribution in [0.1, 0.15) is 11.1 Å². The first-order valence-electron chi connectivity index (χ1n) is 8.79. The summed E-state index contributed by atoms with van der Waals surface area (Å²) < 4.78 is 0. The molecular weight excluding hydrogens is 369 g/mol. The lowest BCUT2D eigenvalue weighted by Crippen LogP contribution is -2.49. The zero-order valence-electron chi connectivity index (χ0n) is 14.6. The predicted molar refractivity (Wildman–Crippen MR) is 106 cm³/mol. The van der Waals surface area contributed by atoms with Gasteiger partial charge in [-0.1, -0.05) is 47.5 Å². The van der Waals surface area contributed by atoms with Gasteiger partial charge in [0.05, 0.1) is 6.54 Å². The Balaban J connectivity index is 1.38. The van der Waals surface area contributed by atoms with Crippen LogP contribution in [0.5, 0.6) is 0 Å². The molecule has 1 N–H and O–H groups in total. The van der Waals surface area contributed by atoms with Crippen LogP contribution < -0.4 is 5.32 Å². The minimum Gasteiger partial charge on any atom is -0.351 e. The van der Waals surface area contributed by atoms with E-state index in [1.165, 1.54) is 5.56 Å². The third-order valence-corrected chi connectivity index (χ3v) is 5.02. The van der Waals surface area contributed by atoms with E-state index in [1.54, 1.807) is 0 Å². The summed E-state index contributed by atoms with van der Waals surface area (Å²) in [5.74, 6) is 0.0586. The molecule has 0 bridgehead atoms. The lowest BCUT2D eigenvalue weighted by Gasteiger charge is -2.34. The van der Waals surface area contributed by atoms with Crippen molar-refractivity contribution in [2.45, 2.75) is 13.1 Å². The highest BCUT2D eigenvalue weighted by Crippen LogP contribution is 2.14. The second-order valence-electron chi connectivity index (χ2n) is 6.59. The van der Waals surface area contributed by atoms with E-state index in [1.807, 2.05) is 42.5 Å². The zero-order chi connectivity index (χ0) is 18.4. The molecule has 1 aliphatic heterocycles. The number of rotatable bonds is 6. The number of carbonyl (C=O) groups excluding carboxylic acids is 1. The maximum Gasteiger partial charge on any atom is 0.234 e. The number of hydrogen-bond acceptors (Lipinski definition) is 3. The van der Waals surface area contributed by atoms with Crippen LogP contribution in [0.25, 0.3) is 0 Å². The smallest absolute Gasteiger partial charge is 0.234 e. The number of amides is 1. The minimum absolute atomic E-state index is 0.0586. The van der Waals surface area contributed by atoms with Gasteiger partial charge in [0.15, 0.2) is 0 Å². The Labute approximate surface area is 164 Å². The van der Waals surface area contributed by atoms with Gasteiger partial charge in [0.1, 0.15) is 0 Å². The molecule has 0 aromatic heterocycles. The monoisotopic (exact) mass is 391 g/mol. The second kappa shape index (κ2) is 9.38. The summed E-state index contributed by atoms with van der Waals surface area (Å²) in [5.41, 5.74) is 2.28.